The Morgan fingerprint density at radius 1 is 1.38 bits per heavy atom. The van der Waals surface area contributed by atoms with Crippen molar-refractivity contribution >= 4 is 11.8 Å². The quantitative estimate of drug-likeness (QED) is 0.836. The third kappa shape index (κ3) is 3.06. The molecule has 6 nitrogen and oxygen atoms in total. The van der Waals surface area contributed by atoms with Gasteiger partial charge >= 0.3 is 0 Å². The number of imidazole rings is 1. The number of carbonyl (C=O) groups excluding carboxylic acids is 2. The summed E-state index contributed by atoms with van der Waals surface area (Å²) in [5.74, 6) is 0.757. The Kier molecular flexibility index (Phi) is 5.35. The monoisotopic (exact) mass is 334 g/mol. The number of rotatable bonds is 6. The summed E-state index contributed by atoms with van der Waals surface area (Å²) in [6, 6.07) is 0. The van der Waals surface area contributed by atoms with Gasteiger partial charge in [-0.2, -0.15) is 0 Å². The van der Waals surface area contributed by atoms with Crippen LogP contribution in [0.2, 0.25) is 0 Å². The average molecular weight is 334 g/mol. The second-order valence-corrected chi connectivity index (χ2v) is 7.48. The van der Waals surface area contributed by atoms with Gasteiger partial charge in [-0.3, -0.25) is 9.59 Å². The lowest BCUT2D eigenvalue weighted by molar-refractivity contribution is -0.139. The maximum absolute atomic E-state index is 12.9. The minimum Gasteiger partial charge on any atom is -0.359 e. The van der Waals surface area contributed by atoms with Gasteiger partial charge in [-0.1, -0.05) is 27.7 Å². The van der Waals surface area contributed by atoms with E-state index in [9.17, 15) is 9.59 Å². The Labute approximate surface area is 144 Å². The maximum atomic E-state index is 12.9. The Balaban J connectivity index is 2.08. The normalized spacial score (nSPS) is 25.5. The topological polar surface area (TPSA) is 76.0 Å². The van der Waals surface area contributed by atoms with Gasteiger partial charge in [-0.25, -0.2) is 4.98 Å². The summed E-state index contributed by atoms with van der Waals surface area (Å²) < 4.78 is 2.07. The van der Waals surface area contributed by atoms with E-state index in [1.165, 1.54) is 0 Å². The highest BCUT2D eigenvalue weighted by Crippen LogP contribution is 2.56. The predicted octanol–water partition coefficient (Wildman–Crippen LogP) is 2.10. The molecule has 2 amide bonds. The van der Waals surface area contributed by atoms with Gasteiger partial charge in [0.05, 0.1) is 12.0 Å². The summed E-state index contributed by atoms with van der Waals surface area (Å²) in [4.78, 5) is 29.4. The maximum Gasteiger partial charge on any atom is 0.226 e. The first-order valence-electron chi connectivity index (χ1n) is 8.77. The molecule has 1 aromatic rings. The second kappa shape index (κ2) is 6.95. The van der Waals surface area contributed by atoms with Gasteiger partial charge in [0, 0.05) is 31.9 Å². The first-order valence-corrected chi connectivity index (χ1v) is 8.77. The van der Waals surface area contributed by atoms with Crippen molar-refractivity contribution in [2.24, 2.45) is 16.7 Å². The van der Waals surface area contributed by atoms with E-state index in [1.807, 2.05) is 27.0 Å². The summed E-state index contributed by atoms with van der Waals surface area (Å²) in [6.45, 7) is 9.46. The average Bonchev–Trinajstić information content (AvgIpc) is 3.08. The molecule has 1 aromatic heterocycles. The van der Waals surface area contributed by atoms with Crippen molar-refractivity contribution in [3.63, 3.8) is 0 Å². The molecule has 0 aliphatic heterocycles. The highest BCUT2D eigenvalue weighted by molar-refractivity contribution is 5.87. The number of hydrogen-bond donors (Lipinski definition) is 2. The third-order valence-electron chi connectivity index (χ3n) is 5.96. The van der Waals surface area contributed by atoms with E-state index in [4.69, 9.17) is 0 Å². The minimum absolute atomic E-state index is 0.00458. The first-order chi connectivity index (χ1) is 11.3. The van der Waals surface area contributed by atoms with Crippen LogP contribution in [0.25, 0.3) is 0 Å². The van der Waals surface area contributed by atoms with Crippen LogP contribution < -0.4 is 10.6 Å². The summed E-state index contributed by atoms with van der Waals surface area (Å²) in [6.07, 6.45) is 6.18. The number of aromatic nitrogens is 2. The van der Waals surface area contributed by atoms with Gasteiger partial charge in [-0.15, -0.1) is 0 Å². The summed E-state index contributed by atoms with van der Waals surface area (Å²) in [7, 11) is 1.65. The Morgan fingerprint density at radius 2 is 2.08 bits per heavy atom. The van der Waals surface area contributed by atoms with Gasteiger partial charge in [0.25, 0.3) is 0 Å². The first kappa shape index (κ1) is 18.5. The van der Waals surface area contributed by atoms with E-state index >= 15 is 0 Å². The lowest BCUT2D eigenvalue weighted by Gasteiger charge is -2.39. The zero-order chi connectivity index (χ0) is 18.0. The highest BCUT2D eigenvalue weighted by atomic mass is 16.2. The number of amides is 2. The smallest absolute Gasteiger partial charge is 0.226 e. The molecule has 24 heavy (non-hydrogen) atoms. The minimum atomic E-state index is -0.563. The largest absolute Gasteiger partial charge is 0.359 e. The zero-order valence-corrected chi connectivity index (χ0v) is 15.5. The zero-order valence-electron chi connectivity index (χ0n) is 15.5. The van der Waals surface area contributed by atoms with Crippen LogP contribution in [0.5, 0.6) is 0 Å². The van der Waals surface area contributed by atoms with Crippen LogP contribution in [0.3, 0.4) is 0 Å². The molecular formula is C18H30N4O2. The molecule has 0 spiro atoms. The second-order valence-electron chi connectivity index (χ2n) is 7.48. The van der Waals surface area contributed by atoms with E-state index in [0.29, 0.717) is 13.0 Å². The standard InChI is InChI=1S/C18H30N4O2/c1-6-10-22-11-9-20-14(22)12-21-16(24)18(4)8-7-13(15(23)19-5)17(18,2)3/h9,11,13H,6-8,10,12H2,1-5H3,(H,19,23)(H,21,24)/t13-,18+/m0/s1. The molecule has 2 rings (SSSR count). The lowest BCUT2D eigenvalue weighted by Crippen LogP contribution is -2.49. The predicted molar refractivity (Wildman–Crippen MR) is 93.0 cm³/mol. The summed E-state index contributed by atoms with van der Waals surface area (Å²) in [5, 5.41) is 5.78. The highest BCUT2D eigenvalue weighted by Gasteiger charge is 2.57. The van der Waals surface area contributed by atoms with Gasteiger partial charge in [0.2, 0.25) is 11.8 Å². The van der Waals surface area contributed by atoms with Crippen LogP contribution in [0, 0.1) is 16.7 Å². The molecule has 134 valence electrons. The lowest BCUT2D eigenvalue weighted by atomic mass is 9.65. The molecule has 1 fully saturated rings. The van der Waals surface area contributed by atoms with Gasteiger partial charge in [0.1, 0.15) is 5.82 Å². The van der Waals surface area contributed by atoms with Crippen LogP contribution >= 0.6 is 0 Å². The van der Waals surface area contributed by atoms with Crippen molar-refractivity contribution in [2.45, 2.75) is 60.0 Å². The van der Waals surface area contributed by atoms with Gasteiger partial charge in [-0.05, 0) is 24.7 Å². The fraction of sp³-hybridized carbons (Fsp3) is 0.722. The number of aryl methyl sites for hydroxylation is 1. The van der Waals surface area contributed by atoms with Crippen LogP contribution in [-0.2, 0) is 22.7 Å². The SMILES string of the molecule is CCCn1ccnc1CNC(=O)[C@@]1(C)CC[C@@H](C(=O)NC)C1(C)C. The molecule has 1 aliphatic carbocycles. The molecule has 6 heteroatoms. The summed E-state index contributed by atoms with van der Waals surface area (Å²) >= 11 is 0. The van der Waals surface area contributed by atoms with E-state index in [0.717, 1.165) is 25.2 Å². The van der Waals surface area contributed by atoms with Gasteiger partial charge < -0.3 is 15.2 Å². The van der Waals surface area contributed by atoms with Crippen LogP contribution in [0.4, 0.5) is 0 Å². The van der Waals surface area contributed by atoms with E-state index in [-0.39, 0.29) is 17.7 Å². The molecule has 0 unspecified atom stereocenters. The van der Waals surface area contributed by atoms with E-state index in [1.54, 1.807) is 13.2 Å². The van der Waals surface area contributed by atoms with Crippen molar-refractivity contribution in [3.05, 3.63) is 18.2 Å². The van der Waals surface area contributed by atoms with Crippen LogP contribution in [-0.4, -0.2) is 28.4 Å². The number of nitrogens with zero attached hydrogens (tertiary/aromatic N) is 2. The number of hydrogen-bond acceptors (Lipinski definition) is 3. The third-order valence-corrected chi connectivity index (χ3v) is 5.96. The van der Waals surface area contributed by atoms with Crippen LogP contribution in [0.15, 0.2) is 12.4 Å². The number of carbonyl (C=O) groups is 2. The summed E-state index contributed by atoms with van der Waals surface area (Å²) in [5.41, 5.74) is -0.956. The van der Waals surface area contributed by atoms with Crippen molar-refractivity contribution in [1.82, 2.24) is 20.2 Å². The Morgan fingerprint density at radius 3 is 2.71 bits per heavy atom. The Hall–Kier alpha value is -1.85. The fourth-order valence-electron chi connectivity index (χ4n) is 3.85. The van der Waals surface area contributed by atoms with Crippen molar-refractivity contribution in [3.8, 4) is 0 Å². The molecule has 2 N–H and O–H groups in total. The molecule has 0 aromatic carbocycles. The van der Waals surface area contributed by atoms with Crippen LogP contribution in [0.1, 0.15) is 52.8 Å². The van der Waals surface area contributed by atoms with Crippen molar-refractivity contribution < 1.29 is 9.59 Å². The van der Waals surface area contributed by atoms with E-state index in [2.05, 4.69) is 27.1 Å². The molecule has 0 radical (unpaired) electrons. The fourth-order valence-corrected chi connectivity index (χ4v) is 3.85. The molecule has 1 aliphatic rings. The Bertz CT molecular complexity index is 608. The molecular weight excluding hydrogens is 304 g/mol. The molecule has 1 saturated carbocycles. The molecule has 2 atom stereocenters. The number of nitrogens with one attached hydrogen (secondary N) is 2. The van der Waals surface area contributed by atoms with Crippen molar-refractivity contribution in [1.29, 1.82) is 0 Å². The molecule has 0 saturated heterocycles. The van der Waals surface area contributed by atoms with Gasteiger partial charge in [0.15, 0.2) is 0 Å². The molecule has 0 bridgehead atoms. The van der Waals surface area contributed by atoms with Crippen molar-refractivity contribution in [2.75, 3.05) is 7.05 Å². The van der Waals surface area contributed by atoms with E-state index < -0.39 is 10.8 Å². The molecule has 1 heterocycles.